The molecule has 1 aromatic carbocycles. The van der Waals surface area contributed by atoms with E-state index in [0.29, 0.717) is 0 Å². The van der Waals surface area contributed by atoms with Crippen molar-refractivity contribution in [3.63, 3.8) is 0 Å². The standard InChI is InChI=1S/C19H25N3OS/c1-4-6-7-15-8-10-16(11-9-15)22-19(23)17(5-2)24-18-12-14(3)20-13-21-18/h8-13,17H,4-7H2,1-3H3,(H,22,23). The smallest absolute Gasteiger partial charge is 0.237 e. The van der Waals surface area contributed by atoms with Gasteiger partial charge in [-0.2, -0.15) is 0 Å². The van der Waals surface area contributed by atoms with Crippen LogP contribution >= 0.6 is 11.8 Å². The second kappa shape index (κ2) is 9.42. The molecule has 0 saturated heterocycles. The number of benzene rings is 1. The number of aromatic nitrogens is 2. The number of hydrogen-bond acceptors (Lipinski definition) is 4. The Morgan fingerprint density at radius 2 is 1.96 bits per heavy atom. The number of hydrogen-bond donors (Lipinski definition) is 1. The van der Waals surface area contributed by atoms with Gasteiger partial charge in [-0.1, -0.05) is 44.2 Å². The molecule has 1 amide bonds. The van der Waals surface area contributed by atoms with E-state index in [9.17, 15) is 4.79 Å². The Hall–Kier alpha value is -1.88. The largest absolute Gasteiger partial charge is 0.325 e. The number of nitrogens with zero attached hydrogens (tertiary/aromatic N) is 2. The Bertz CT molecular complexity index is 658. The molecular weight excluding hydrogens is 318 g/mol. The summed E-state index contributed by atoms with van der Waals surface area (Å²) in [7, 11) is 0. The molecule has 0 bridgehead atoms. The molecule has 1 aromatic heterocycles. The predicted octanol–water partition coefficient (Wildman–Crippen LogP) is 4.64. The lowest BCUT2D eigenvalue weighted by atomic mass is 10.1. The van der Waals surface area contributed by atoms with Gasteiger partial charge >= 0.3 is 0 Å². The highest BCUT2D eigenvalue weighted by Crippen LogP contribution is 2.25. The summed E-state index contributed by atoms with van der Waals surface area (Å²) in [5, 5.41) is 3.67. The molecule has 24 heavy (non-hydrogen) atoms. The summed E-state index contributed by atoms with van der Waals surface area (Å²) in [6, 6.07) is 10.0. The van der Waals surface area contributed by atoms with Crippen molar-refractivity contribution < 1.29 is 4.79 Å². The Kier molecular flexibility index (Phi) is 7.25. The summed E-state index contributed by atoms with van der Waals surface area (Å²) >= 11 is 1.48. The Balaban J connectivity index is 1.96. The van der Waals surface area contributed by atoms with Crippen LogP contribution in [0.15, 0.2) is 41.7 Å². The van der Waals surface area contributed by atoms with E-state index in [1.54, 1.807) is 0 Å². The predicted molar refractivity (Wildman–Crippen MR) is 100 cm³/mol. The average Bonchev–Trinajstić information content (AvgIpc) is 2.59. The maximum atomic E-state index is 12.5. The van der Waals surface area contributed by atoms with Crippen LogP contribution in [0.2, 0.25) is 0 Å². The van der Waals surface area contributed by atoms with E-state index in [1.807, 2.05) is 32.0 Å². The van der Waals surface area contributed by atoms with Crippen LogP contribution in [0.25, 0.3) is 0 Å². The van der Waals surface area contributed by atoms with Crippen LogP contribution in [0, 0.1) is 6.92 Å². The molecule has 5 heteroatoms. The van der Waals surface area contributed by atoms with Gasteiger partial charge in [-0.3, -0.25) is 4.79 Å². The summed E-state index contributed by atoms with van der Waals surface area (Å²) in [6.07, 6.45) is 5.76. The van der Waals surface area contributed by atoms with Crippen molar-refractivity contribution in [2.24, 2.45) is 0 Å². The zero-order valence-corrected chi connectivity index (χ0v) is 15.4. The topological polar surface area (TPSA) is 54.9 Å². The molecular formula is C19H25N3OS. The SMILES string of the molecule is CCCCc1ccc(NC(=O)C(CC)Sc2cc(C)ncn2)cc1. The van der Waals surface area contributed by atoms with Crippen LogP contribution < -0.4 is 5.32 Å². The lowest BCUT2D eigenvalue weighted by Crippen LogP contribution is -2.24. The molecule has 2 rings (SSSR count). The van der Waals surface area contributed by atoms with Crippen LogP contribution in [0.1, 0.15) is 44.4 Å². The van der Waals surface area contributed by atoms with Gasteiger partial charge in [0.05, 0.1) is 5.25 Å². The normalized spacial score (nSPS) is 12.0. The molecule has 4 nitrogen and oxygen atoms in total. The molecule has 1 N–H and O–H groups in total. The third kappa shape index (κ3) is 5.64. The van der Waals surface area contributed by atoms with Crippen molar-refractivity contribution in [1.29, 1.82) is 0 Å². The third-order valence-corrected chi connectivity index (χ3v) is 5.04. The highest BCUT2D eigenvalue weighted by Gasteiger charge is 2.18. The number of thioether (sulfide) groups is 1. The number of rotatable bonds is 8. The van der Waals surface area contributed by atoms with Gasteiger partial charge in [0.2, 0.25) is 5.91 Å². The van der Waals surface area contributed by atoms with Gasteiger partial charge in [-0.15, -0.1) is 0 Å². The van der Waals surface area contributed by atoms with Crippen molar-refractivity contribution >= 4 is 23.4 Å². The number of amides is 1. The molecule has 0 radical (unpaired) electrons. The summed E-state index contributed by atoms with van der Waals surface area (Å²) in [5.41, 5.74) is 3.07. The van der Waals surface area contributed by atoms with Crippen molar-refractivity contribution in [1.82, 2.24) is 9.97 Å². The molecule has 0 fully saturated rings. The van der Waals surface area contributed by atoms with E-state index in [2.05, 4.69) is 34.3 Å². The first kappa shape index (κ1) is 18.5. The first-order valence-corrected chi connectivity index (χ1v) is 9.35. The maximum Gasteiger partial charge on any atom is 0.237 e. The molecule has 1 atom stereocenters. The third-order valence-electron chi connectivity index (χ3n) is 3.75. The molecule has 0 aliphatic carbocycles. The lowest BCUT2D eigenvalue weighted by Gasteiger charge is -2.14. The summed E-state index contributed by atoms with van der Waals surface area (Å²) in [4.78, 5) is 20.8. The number of aryl methyl sites for hydroxylation is 2. The average molecular weight is 343 g/mol. The fourth-order valence-corrected chi connectivity index (χ4v) is 3.29. The van der Waals surface area contributed by atoms with E-state index >= 15 is 0 Å². The van der Waals surface area contributed by atoms with Crippen LogP contribution in [-0.4, -0.2) is 21.1 Å². The molecule has 2 aromatic rings. The van der Waals surface area contributed by atoms with Gasteiger partial charge in [0.25, 0.3) is 0 Å². The van der Waals surface area contributed by atoms with E-state index in [1.165, 1.54) is 36.5 Å². The van der Waals surface area contributed by atoms with Gasteiger partial charge in [-0.05, 0) is 49.9 Å². The monoisotopic (exact) mass is 343 g/mol. The van der Waals surface area contributed by atoms with Crippen molar-refractivity contribution in [2.45, 2.75) is 56.7 Å². The highest BCUT2D eigenvalue weighted by atomic mass is 32.2. The first-order valence-electron chi connectivity index (χ1n) is 8.47. The quantitative estimate of drug-likeness (QED) is 0.560. The van der Waals surface area contributed by atoms with E-state index in [0.717, 1.165) is 29.2 Å². The van der Waals surface area contributed by atoms with Crippen molar-refractivity contribution in [2.75, 3.05) is 5.32 Å². The van der Waals surface area contributed by atoms with Gasteiger partial charge in [0.1, 0.15) is 11.4 Å². The van der Waals surface area contributed by atoms with Crippen molar-refractivity contribution in [3.8, 4) is 0 Å². The minimum atomic E-state index is -0.168. The van der Waals surface area contributed by atoms with E-state index < -0.39 is 0 Å². The van der Waals surface area contributed by atoms with Gasteiger partial charge in [0.15, 0.2) is 0 Å². The van der Waals surface area contributed by atoms with Crippen LogP contribution in [0.5, 0.6) is 0 Å². The Morgan fingerprint density at radius 1 is 1.21 bits per heavy atom. The fourth-order valence-electron chi connectivity index (χ4n) is 2.32. The number of nitrogens with one attached hydrogen (secondary N) is 1. The van der Waals surface area contributed by atoms with Crippen molar-refractivity contribution in [3.05, 3.63) is 47.9 Å². The van der Waals surface area contributed by atoms with Gasteiger partial charge < -0.3 is 5.32 Å². The molecule has 1 heterocycles. The number of carbonyl (C=O) groups is 1. The lowest BCUT2D eigenvalue weighted by molar-refractivity contribution is -0.115. The van der Waals surface area contributed by atoms with Gasteiger partial charge in [-0.25, -0.2) is 9.97 Å². The zero-order valence-electron chi connectivity index (χ0n) is 14.6. The molecule has 0 spiro atoms. The second-order valence-electron chi connectivity index (χ2n) is 5.80. The second-order valence-corrected chi connectivity index (χ2v) is 7.03. The summed E-state index contributed by atoms with van der Waals surface area (Å²) in [6.45, 7) is 6.13. The fraction of sp³-hybridized carbons (Fsp3) is 0.421. The summed E-state index contributed by atoms with van der Waals surface area (Å²) in [5.74, 6) is 0.0140. The molecule has 0 saturated carbocycles. The highest BCUT2D eigenvalue weighted by molar-refractivity contribution is 8.00. The minimum Gasteiger partial charge on any atom is -0.325 e. The summed E-state index contributed by atoms with van der Waals surface area (Å²) < 4.78 is 0. The molecule has 1 unspecified atom stereocenters. The zero-order chi connectivity index (χ0) is 17.4. The van der Waals surface area contributed by atoms with Crippen LogP contribution in [0.4, 0.5) is 5.69 Å². The number of anilines is 1. The molecule has 128 valence electrons. The number of carbonyl (C=O) groups excluding carboxylic acids is 1. The van der Waals surface area contributed by atoms with Crippen LogP contribution in [-0.2, 0) is 11.2 Å². The Labute approximate surface area is 148 Å². The Morgan fingerprint density at radius 3 is 2.58 bits per heavy atom. The number of unbranched alkanes of at least 4 members (excludes halogenated alkanes) is 1. The van der Waals surface area contributed by atoms with Crippen LogP contribution in [0.3, 0.4) is 0 Å². The molecule has 0 aliphatic heterocycles. The first-order chi connectivity index (χ1) is 11.6. The maximum absolute atomic E-state index is 12.5. The molecule has 0 aliphatic rings. The van der Waals surface area contributed by atoms with Gasteiger partial charge in [0, 0.05) is 11.4 Å². The van der Waals surface area contributed by atoms with E-state index in [-0.39, 0.29) is 11.2 Å². The minimum absolute atomic E-state index is 0.0140. The van der Waals surface area contributed by atoms with E-state index in [4.69, 9.17) is 0 Å².